The van der Waals surface area contributed by atoms with E-state index in [1.807, 2.05) is 0 Å². The Morgan fingerprint density at radius 3 is 2.37 bits per heavy atom. The molecule has 9 heteroatoms. The van der Waals surface area contributed by atoms with Crippen molar-refractivity contribution in [1.82, 2.24) is 30.0 Å². The van der Waals surface area contributed by atoms with Crippen LogP contribution in [0.2, 0.25) is 0 Å². The third-order valence-electron chi connectivity index (χ3n) is 9.09. The highest BCUT2D eigenvalue weighted by atomic mass is 16.5. The molecule has 1 saturated heterocycles. The van der Waals surface area contributed by atoms with E-state index in [1.54, 1.807) is 17.3 Å². The minimum absolute atomic E-state index is 0.0110. The van der Waals surface area contributed by atoms with Crippen molar-refractivity contribution in [3.8, 4) is 6.01 Å². The van der Waals surface area contributed by atoms with Crippen LogP contribution in [0, 0.1) is 5.92 Å². The van der Waals surface area contributed by atoms with Crippen LogP contribution in [0.3, 0.4) is 0 Å². The number of hydrogen-bond acceptors (Lipinski definition) is 6. The molecule has 0 radical (unpaired) electrons. The lowest BCUT2D eigenvalue weighted by atomic mass is 9.68. The molecular formula is C29H40N6O3. The summed E-state index contributed by atoms with van der Waals surface area (Å²) in [6.45, 7) is 1.79. The Labute approximate surface area is 225 Å². The SMILES string of the molecule is COc1ncc(CNC(=O)CN2CC3(CCC(c4ccccc4)(N(C)C)CC3)N(CC3CCC3)C2=O)cn1. The zero-order valence-corrected chi connectivity index (χ0v) is 22.9. The van der Waals surface area contributed by atoms with Crippen LogP contribution in [0.25, 0.3) is 0 Å². The summed E-state index contributed by atoms with van der Waals surface area (Å²) in [6.07, 6.45) is 10.7. The van der Waals surface area contributed by atoms with Crippen LogP contribution >= 0.6 is 0 Å². The summed E-state index contributed by atoms with van der Waals surface area (Å²) in [5.74, 6) is 0.409. The summed E-state index contributed by atoms with van der Waals surface area (Å²) < 4.78 is 4.99. The molecule has 0 atom stereocenters. The number of rotatable bonds is 9. The van der Waals surface area contributed by atoms with E-state index in [0.717, 1.165) is 37.8 Å². The average Bonchev–Trinajstić information content (AvgIpc) is 3.15. The van der Waals surface area contributed by atoms with E-state index in [1.165, 1.54) is 31.9 Å². The Balaban J connectivity index is 1.28. The summed E-state index contributed by atoms with van der Waals surface area (Å²) in [5.41, 5.74) is 1.87. The Kier molecular flexibility index (Phi) is 7.56. The number of urea groups is 1. The fourth-order valence-electron chi connectivity index (χ4n) is 6.48. The second kappa shape index (κ2) is 10.9. The molecule has 1 aliphatic heterocycles. The molecule has 1 N–H and O–H groups in total. The van der Waals surface area contributed by atoms with Crippen molar-refractivity contribution in [2.75, 3.05) is 40.8 Å². The first kappa shape index (κ1) is 26.4. The summed E-state index contributed by atoms with van der Waals surface area (Å²) in [4.78, 5) is 41.1. The summed E-state index contributed by atoms with van der Waals surface area (Å²) in [6, 6.07) is 11.1. The van der Waals surface area contributed by atoms with Gasteiger partial charge in [0, 0.05) is 43.1 Å². The number of amides is 3. The predicted molar refractivity (Wildman–Crippen MR) is 144 cm³/mol. The van der Waals surface area contributed by atoms with Crippen LogP contribution < -0.4 is 10.1 Å². The number of nitrogens with one attached hydrogen (secondary N) is 1. The molecule has 1 aromatic carbocycles. The number of hydrogen-bond donors (Lipinski definition) is 1. The zero-order valence-electron chi connectivity index (χ0n) is 22.9. The second-order valence-corrected chi connectivity index (χ2v) is 11.4. The van der Waals surface area contributed by atoms with Crippen molar-refractivity contribution in [1.29, 1.82) is 0 Å². The number of aromatic nitrogens is 2. The van der Waals surface area contributed by atoms with Gasteiger partial charge in [-0.1, -0.05) is 36.8 Å². The van der Waals surface area contributed by atoms with Gasteiger partial charge in [0.1, 0.15) is 6.54 Å². The molecule has 3 amide bonds. The van der Waals surface area contributed by atoms with Crippen molar-refractivity contribution in [2.24, 2.45) is 5.92 Å². The fourth-order valence-corrected chi connectivity index (χ4v) is 6.48. The lowest BCUT2D eigenvalue weighted by Crippen LogP contribution is -2.56. The molecule has 0 unspecified atom stereocenters. The number of benzene rings is 1. The average molecular weight is 521 g/mol. The van der Waals surface area contributed by atoms with E-state index in [9.17, 15) is 9.59 Å². The van der Waals surface area contributed by atoms with Crippen LogP contribution in [-0.2, 0) is 16.9 Å². The Hall–Kier alpha value is -3.20. The highest BCUT2D eigenvalue weighted by molar-refractivity contribution is 5.86. The van der Waals surface area contributed by atoms with Gasteiger partial charge in [-0.15, -0.1) is 0 Å². The van der Waals surface area contributed by atoms with E-state index in [2.05, 4.69) is 69.5 Å². The van der Waals surface area contributed by atoms with Gasteiger partial charge in [-0.05, 0) is 64.1 Å². The summed E-state index contributed by atoms with van der Waals surface area (Å²) in [5, 5.41) is 2.92. The normalized spacial score (nSPS) is 25.6. The van der Waals surface area contributed by atoms with Crippen LogP contribution in [-0.4, -0.2) is 83.0 Å². The summed E-state index contributed by atoms with van der Waals surface area (Å²) >= 11 is 0. The molecule has 5 rings (SSSR count). The molecule has 1 spiro atoms. The molecule has 38 heavy (non-hydrogen) atoms. The van der Waals surface area contributed by atoms with Gasteiger partial charge in [0.15, 0.2) is 0 Å². The Morgan fingerprint density at radius 2 is 1.79 bits per heavy atom. The fraction of sp³-hybridized carbons (Fsp3) is 0.586. The topological polar surface area (TPSA) is 90.9 Å². The molecule has 3 aliphatic rings. The number of methoxy groups -OCH3 is 1. The van der Waals surface area contributed by atoms with E-state index < -0.39 is 0 Å². The van der Waals surface area contributed by atoms with Gasteiger partial charge in [-0.2, -0.15) is 0 Å². The second-order valence-electron chi connectivity index (χ2n) is 11.4. The molecular weight excluding hydrogens is 480 g/mol. The van der Waals surface area contributed by atoms with Crippen LogP contribution in [0.5, 0.6) is 6.01 Å². The van der Waals surface area contributed by atoms with Crippen LogP contribution in [0.4, 0.5) is 4.79 Å². The Bertz CT molecular complexity index is 1110. The van der Waals surface area contributed by atoms with Crippen molar-refractivity contribution >= 4 is 11.9 Å². The highest BCUT2D eigenvalue weighted by Crippen LogP contribution is 2.49. The third-order valence-corrected chi connectivity index (χ3v) is 9.09. The highest BCUT2D eigenvalue weighted by Gasteiger charge is 2.55. The zero-order chi connectivity index (χ0) is 26.8. The predicted octanol–water partition coefficient (Wildman–Crippen LogP) is 3.41. The molecule has 204 valence electrons. The maximum Gasteiger partial charge on any atom is 0.321 e. The number of carbonyl (C=O) groups excluding carboxylic acids is 2. The molecule has 2 heterocycles. The standard InChI is InChI=1S/C29H40N6O3/c1-33(2)29(24-10-5-4-6-11-24)14-12-28(13-15-29)21-34(27(37)35(28)19-22-8-7-9-22)20-25(36)30-16-23-17-31-26(38-3)32-18-23/h4-6,10-11,17-18,22H,7-9,12-16,19-21H2,1-3H3,(H,30,36). The smallest absolute Gasteiger partial charge is 0.321 e. The first-order valence-corrected chi connectivity index (χ1v) is 13.8. The van der Waals surface area contributed by atoms with E-state index in [4.69, 9.17) is 4.74 Å². The molecule has 2 saturated carbocycles. The van der Waals surface area contributed by atoms with E-state index in [0.29, 0.717) is 19.0 Å². The molecule has 9 nitrogen and oxygen atoms in total. The largest absolute Gasteiger partial charge is 0.467 e. The monoisotopic (exact) mass is 520 g/mol. The van der Waals surface area contributed by atoms with Gasteiger partial charge in [0.05, 0.1) is 12.6 Å². The van der Waals surface area contributed by atoms with Gasteiger partial charge >= 0.3 is 12.0 Å². The maximum atomic E-state index is 13.7. The van der Waals surface area contributed by atoms with Crippen molar-refractivity contribution < 1.29 is 14.3 Å². The number of carbonyl (C=O) groups is 2. The van der Waals surface area contributed by atoms with Gasteiger partial charge in [0.25, 0.3) is 0 Å². The van der Waals surface area contributed by atoms with Gasteiger partial charge in [-0.3, -0.25) is 9.69 Å². The first-order valence-electron chi connectivity index (χ1n) is 13.8. The van der Waals surface area contributed by atoms with Gasteiger partial charge < -0.3 is 19.9 Å². The van der Waals surface area contributed by atoms with Crippen molar-refractivity contribution in [3.05, 3.63) is 53.9 Å². The molecule has 3 fully saturated rings. The van der Waals surface area contributed by atoms with Crippen LogP contribution in [0.1, 0.15) is 56.1 Å². The third kappa shape index (κ3) is 5.08. The Morgan fingerprint density at radius 1 is 1.11 bits per heavy atom. The first-order chi connectivity index (χ1) is 18.3. The summed E-state index contributed by atoms with van der Waals surface area (Å²) in [7, 11) is 5.85. The van der Waals surface area contributed by atoms with Gasteiger partial charge in [0.2, 0.25) is 5.91 Å². The minimum atomic E-state index is -0.217. The molecule has 2 aliphatic carbocycles. The lowest BCUT2D eigenvalue weighted by Gasteiger charge is -2.51. The number of nitrogens with zero attached hydrogens (tertiary/aromatic N) is 5. The molecule has 1 aromatic heterocycles. The van der Waals surface area contributed by atoms with Crippen LogP contribution in [0.15, 0.2) is 42.7 Å². The van der Waals surface area contributed by atoms with E-state index >= 15 is 0 Å². The van der Waals surface area contributed by atoms with E-state index in [-0.39, 0.29) is 35.6 Å². The van der Waals surface area contributed by atoms with Gasteiger partial charge in [-0.25, -0.2) is 14.8 Å². The lowest BCUT2D eigenvalue weighted by molar-refractivity contribution is -0.121. The van der Waals surface area contributed by atoms with Crippen molar-refractivity contribution in [2.45, 2.75) is 62.6 Å². The molecule has 2 aromatic rings. The number of ether oxygens (including phenoxy) is 1. The molecule has 0 bridgehead atoms. The van der Waals surface area contributed by atoms with Crippen molar-refractivity contribution in [3.63, 3.8) is 0 Å². The quantitative estimate of drug-likeness (QED) is 0.545. The maximum absolute atomic E-state index is 13.7. The minimum Gasteiger partial charge on any atom is -0.467 e.